The summed E-state index contributed by atoms with van der Waals surface area (Å²) in [6.07, 6.45) is 1.78. The first-order valence-corrected chi connectivity index (χ1v) is 4.53. The number of nitrogens with one attached hydrogen (secondary N) is 1. The van der Waals surface area contributed by atoms with E-state index in [2.05, 4.69) is 23.9 Å². The van der Waals surface area contributed by atoms with Crippen LogP contribution in [0.1, 0.15) is 26.7 Å². The Labute approximate surface area is 78.6 Å². The summed E-state index contributed by atoms with van der Waals surface area (Å²) in [5.74, 6) is 0. The van der Waals surface area contributed by atoms with Gasteiger partial charge in [-0.1, -0.05) is 0 Å². The van der Waals surface area contributed by atoms with Crippen molar-refractivity contribution in [3.8, 4) is 0 Å². The molecule has 1 unspecified atom stereocenters. The number of hydrogen-bond acceptors (Lipinski definition) is 3. The highest BCUT2D eigenvalue weighted by atomic mass is 16.5. The van der Waals surface area contributed by atoms with E-state index in [-0.39, 0.29) is 11.7 Å². The molecule has 0 aromatic heterocycles. The molecule has 4 heteroatoms. The molecule has 1 aliphatic rings. The van der Waals surface area contributed by atoms with Crippen LogP contribution in [0.4, 0.5) is 4.79 Å². The first kappa shape index (κ1) is 10.3. The molecule has 0 aliphatic carbocycles. The fourth-order valence-electron chi connectivity index (χ4n) is 1.49. The summed E-state index contributed by atoms with van der Waals surface area (Å²) in [6, 6.07) is 0. The fraction of sp³-hybridized carbons (Fsp3) is 0.889. The quantitative estimate of drug-likeness (QED) is 0.708. The maximum absolute atomic E-state index is 10.7. The van der Waals surface area contributed by atoms with Gasteiger partial charge in [0.25, 0.3) is 0 Å². The molecule has 1 saturated heterocycles. The van der Waals surface area contributed by atoms with Gasteiger partial charge in [0.05, 0.1) is 18.8 Å². The number of carbonyl (C=O) groups excluding carboxylic acids is 1. The van der Waals surface area contributed by atoms with Gasteiger partial charge in [0.2, 0.25) is 0 Å². The Morgan fingerprint density at radius 3 is 2.85 bits per heavy atom. The van der Waals surface area contributed by atoms with Crippen molar-refractivity contribution < 1.29 is 14.3 Å². The molecule has 1 fully saturated rings. The van der Waals surface area contributed by atoms with Crippen LogP contribution in [-0.4, -0.2) is 31.5 Å². The average molecular weight is 187 g/mol. The standard InChI is InChI=1S/C9H17NO3/c1-9(2)5-4-7(13-9)6-10-8(11)12-3/h7H,4-6H2,1-3H3,(H,10,11). The second kappa shape index (κ2) is 3.96. The molecule has 0 bridgehead atoms. The number of rotatable bonds is 2. The third-order valence-corrected chi connectivity index (χ3v) is 2.21. The van der Waals surface area contributed by atoms with E-state index in [0.29, 0.717) is 6.54 Å². The highest BCUT2D eigenvalue weighted by Crippen LogP contribution is 2.28. The van der Waals surface area contributed by atoms with E-state index in [1.165, 1.54) is 7.11 Å². The minimum Gasteiger partial charge on any atom is -0.453 e. The van der Waals surface area contributed by atoms with Gasteiger partial charge in [0.15, 0.2) is 0 Å². The van der Waals surface area contributed by atoms with Crippen LogP contribution in [0, 0.1) is 0 Å². The van der Waals surface area contributed by atoms with Crippen molar-refractivity contribution in [2.75, 3.05) is 13.7 Å². The van der Waals surface area contributed by atoms with Crippen LogP contribution in [0.25, 0.3) is 0 Å². The molecular formula is C9H17NO3. The van der Waals surface area contributed by atoms with Gasteiger partial charge in [-0.15, -0.1) is 0 Å². The van der Waals surface area contributed by atoms with Crippen LogP contribution in [0.3, 0.4) is 0 Å². The van der Waals surface area contributed by atoms with Crippen molar-refractivity contribution in [3.05, 3.63) is 0 Å². The average Bonchev–Trinajstić information content (AvgIpc) is 2.41. The number of alkyl carbamates (subject to hydrolysis) is 1. The highest BCUT2D eigenvalue weighted by Gasteiger charge is 2.31. The Morgan fingerprint density at radius 1 is 1.69 bits per heavy atom. The zero-order valence-electron chi connectivity index (χ0n) is 8.42. The molecule has 0 radical (unpaired) electrons. The number of carbonyl (C=O) groups is 1. The molecule has 0 aromatic carbocycles. The van der Waals surface area contributed by atoms with Gasteiger partial charge in [-0.2, -0.15) is 0 Å². The highest BCUT2D eigenvalue weighted by molar-refractivity contribution is 5.66. The lowest BCUT2D eigenvalue weighted by atomic mass is 10.1. The van der Waals surface area contributed by atoms with Crippen LogP contribution in [0.5, 0.6) is 0 Å². The molecule has 1 heterocycles. The van der Waals surface area contributed by atoms with Gasteiger partial charge in [-0.25, -0.2) is 4.79 Å². The van der Waals surface area contributed by atoms with Gasteiger partial charge in [-0.05, 0) is 26.7 Å². The molecule has 1 atom stereocenters. The Hall–Kier alpha value is -0.770. The Bertz CT molecular complexity index is 191. The molecule has 1 rings (SSSR count). The summed E-state index contributed by atoms with van der Waals surface area (Å²) in [5, 5.41) is 2.63. The maximum Gasteiger partial charge on any atom is 0.406 e. The lowest BCUT2D eigenvalue weighted by Crippen LogP contribution is -2.33. The van der Waals surface area contributed by atoms with Crippen molar-refractivity contribution in [2.45, 2.75) is 38.4 Å². The molecule has 0 spiro atoms. The minimum absolute atomic E-state index is 0.0392. The van der Waals surface area contributed by atoms with Crippen molar-refractivity contribution in [2.24, 2.45) is 0 Å². The van der Waals surface area contributed by atoms with E-state index in [9.17, 15) is 4.79 Å². The predicted molar refractivity (Wildman–Crippen MR) is 48.6 cm³/mol. The zero-order valence-corrected chi connectivity index (χ0v) is 8.42. The molecule has 0 aromatic rings. The number of amides is 1. The van der Waals surface area contributed by atoms with Crippen molar-refractivity contribution in [1.82, 2.24) is 5.32 Å². The molecule has 4 nitrogen and oxygen atoms in total. The molecule has 1 aliphatic heterocycles. The van der Waals surface area contributed by atoms with Crippen molar-refractivity contribution >= 4 is 6.09 Å². The molecular weight excluding hydrogens is 170 g/mol. The summed E-state index contributed by atoms with van der Waals surface area (Å²) >= 11 is 0. The summed E-state index contributed by atoms with van der Waals surface area (Å²) in [4.78, 5) is 10.7. The van der Waals surface area contributed by atoms with Gasteiger partial charge in [-0.3, -0.25) is 0 Å². The van der Waals surface area contributed by atoms with Crippen LogP contribution in [0.15, 0.2) is 0 Å². The lowest BCUT2D eigenvalue weighted by Gasteiger charge is -2.19. The first-order chi connectivity index (χ1) is 6.03. The molecule has 1 N–H and O–H groups in total. The smallest absolute Gasteiger partial charge is 0.406 e. The van der Waals surface area contributed by atoms with E-state index in [1.54, 1.807) is 0 Å². The van der Waals surface area contributed by atoms with Gasteiger partial charge in [0.1, 0.15) is 0 Å². The van der Waals surface area contributed by atoms with Crippen LogP contribution < -0.4 is 5.32 Å². The zero-order chi connectivity index (χ0) is 9.90. The number of methoxy groups -OCH3 is 1. The third kappa shape index (κ3) is 3.22. The predicted octanol–water partition coefficient (Wildman–Crippen LogP) is 1.30. The number of ether oxygens (including phenoxy) is 2. The van der Waals surface area contributed by atoms with Crippen LogP contribution in [-0.2, 0) is 9.47 Å². The largest absolute Gasteiger partial charge is 0.453 e. The molecule has 76 valence electrons. The van der Waals surface area contributed by atoms with Crippen LogP contribution >= 0.6 is 0 Å². The van der Waals surface area contributed by atoms with E-state index >= 15 is 0 Å². The Morgan fingerprint density at radius 2 is 2.38 bits per heavy atom. The van der Waals surface area contributed by atoms with E-state index in [0.717, 1.165) is 12.8 Å². The van der Waals surface area contributed by atoms with E-state index in [4.69, 9.17) is 4.74 Å². The van der Waals surface area contributed by atoms with Gasteiger partial charge >= 0.3 is 6.09 Å². The van der Waals surface area contributed by atoms with E-state index in [1.807, 2.05) is 0 Å². The summed E-state index contributed by atoms with van der Waals surface area (Å²) in [6.45, 7) is 4.66. The SMILES string of the molecule is COC(=O)NCC1CCC(C)(C)O1. The van der Waals surface area contributed by atoms with Gasteiger partial charge < -0.3 is 14.8 Å². The summed E-state index contributed by atoms with van der Waals surface area (Å²) in [5.41, 5.74) is -0.0392. The normalized spacial score (nSPS) is 25.6. The Kier molecular flexibility index (Phi) is 3.14. The second-order valence-electron chi connectivity index (χ2n) is 3.91. The molecule has 13 heavy (non-hydrogen) atoms. The van der Waals surface area contributed by atoms with Crippen molar-refractivity contribution in [3.63, 3.8) is 0 Å². The lowest BCUT2D eigenvalue weighted by molar-refractivity contribution is -0.0140. The van der Waals surface area contributed by atoms with Crippen LogP contribution in [0.2, 0.25) is 0 Å². The third-order valence-electron chi connectivity index (χ3n) is 2.21. The second-order valence-corrected chi connectivity index (χ2v) is 3.91. The summed E-state index contributed by atoms with van der Waals surface area (Å²) in [7, 11) is 1.36. The molecule has 0 saturated carbocycles. The first-order valence-electron chi connectivity index (χ1n) is 4.53. The Balaban J connectivity index is 2.21. The monoisotopic (exact) mass is 187 g/mol. The van der Waals surface area contributed by atoms with E-state index < -0.39 is 6.09 Å². The molecule has 1 amide bonds. The maximum atomic E-state index is 10.7. The topological polar surface area (TPSA) is 47.6 Å². The summed E-state index contributed by atoms with van der Waals surface area (Å²) < 4.78 is 10.1. The van der Waals surface area contributed by atoms with Crippen molar-refractivity contribution in [1.29, 1.82) is 0 Å². The number of hydrogen-bond donors (Lipinski definition) is 1. The fourth-order valence-corrected chi connectivity index (χ4v) is 1.49. The minimum atomic E-state index is -0.395. The van der Waals surface area contributed by atoms with Gasteiger partial charge in [0, 0.05) is 6.54 Å².